The first-order valence-corrected chi connectivity index (χ1v) is 9.56. The van der Waals surface area contributed by atoms with Crippen molar-refractivity contribution in [3.8, 4) is 0 Å². The summed E-state index contributed by atoms with van der Waals surface area (Å²) in [7, 11) is -3.74. The molecule has 7 heteroatoms. The van der Waals surface area contributed by atoms with Gasteiger partial charge in [-0.3, -0.25) is 0 Å². The lowest BCUT2D eigenvalue weighted by Crippen LogP contribution is -2.30. The van der Waals surface area contributed by atoms with Crippen molar-refractivity contribution in [1.82, 2.24) is 4.31 Å². The maximum atomic E-state index is 13.0. The molecule has 0 aliphatic heterocycles. The Kier molecular flexibility index (Phi) is 4.87. The van der Waals surface area contributed by atoms with Crippen LogP contribution < -0.4 is 0 Å². The summed E-state index contributed by atoms with van der Waals surface area (Å²) in [6, 6.07) is 13.7. The zero-order valence-corrected chi connectivity index (χ0v) is 14.4. The van der Waals surface area contributed by atoms with E-state index in [4.69, 9.17) is 16.0 Å². The van der Waals surface area contributed by atoms with Crippen molar-refractivity contribution in [1.29, 1.82) is 0 Å². The summed E-state index contributed by atoms with van der Waals surface area (Å²) in [5, 5.41) is 2.13. The van der Waals surface area contributed by atoms with Crippen LogP contribution in [0.5, 0.6) is 0 Å². The molecule has 0 radical (unpaired) electrons. The van der Waals surface area contributed by atoms with Gasteiger partial charge in [-0.1, -0.05) is 29.8 Å². The molecule has 0 bridgehead atoms. The quantitative estimate of drug-likeness (QED) is 0.649. The van der Waals surface area contributed by atoms with Gasteiger partial charge in [0, 0.05) is 11.4 Å². The van der Waals surface area contributed by atoms with Crippen LogP contribution in [0.2, 0.25) is 5.02 Å². The summed E-state index contributed by atoms with van der Waals surface area (Å²) >= 11 is 7.60. The molecule has 0 saturated carbocycles. The van der Waals surface area contributed by atoms with Gasteiger partial charge in [0.05, 0.1) is 17.8 Å². The molecule has 0 fully saturated rings. The highest BCUT2D eigenvalue weighted by atomic mass is 35.5. The topological polar surface area (TPSA) is 50.5 Å². The van der Waals surface area contributed by atoms with Gasteiger partial charge < -0.3 is 4.42 Å². The Labute approximate surface area is 144 Å². The van der Waals surface area contributed by atoms with Crippen LogP contribution in [-0.2, 0) is 23.1 Å². The summed E-state index contributed by atoms with van der Waals surface area (Å²) in [5.41, 5.74) is 0. The van der Waals surface area contributed by atoms with Crippen LogP contribution in [0, 0.1) is 0 Å². The predicted octanol–water partition coefficient (Wildman–Crippen LogP) is 4.39. The minimum Gasteiger partial charge on any atom is -0.468 e. The van der Waals surface area contributed by atoms with Gasteiger partial charge in [0.1, 0.15) is 10.7 Å². The Bertz CT molecular complexity index is 822. The van der Waals surface area contributed by atoms with Gasteiger partial charge in [0.25, 0.3) is 0 Å². The van der Waals surface area contributed by atoms with Crippen molar-refractivity contribution in [2.75, 3.05) is 0 Å². The SMILES string of the molecule is O=S(=O)(c1ccccc1Cl)N(Cc1ccco1)Cc1cccs1. The van der Waals surface area contributed by atoms with E-state index in [0.717, 1.165) is 4.88 Å². The minimum atomic E-state index is -3.74. The number of hydrogen-bond acceptors (Lipinski definition) is 4. The first-order chi connectivity index (χ1) is 11.1. The number of benzene rings is 1. The van der Waals surface area contributed by atoms with Crippen molar-refractivity contribution >= 4 is 33.0 Å². The van der Waals surface area contributed by atoms with Gasteiger partial charge in [-0.2, -0.15) is 4.31 Å². The molecule has 2 heterocycles. The van der Waals surface area contributed by atoms with Crippen LogP contribution in [0.15, 0.2) is 69.5 Å². The molecule has 0 aliphatic carbocycles. The number of halogens is 1. The van der Waals surface area contributed by atoms with E-state index in [1.165, 1.54) is 28.0 Å². The Balaban J connectivity index is 1.98. The Morgan fingerprint density at radius 1 is 1.04 bits per heavy atom. The van der Waals surface area contributed by atoms with E-state index in [-0.39, 0.29) is 23.0 Å². The standard InChI is InChI=1S/C16H14ClNO3S2/c17-15-7-1-2-8-16(15)23(19,20)18(11-13-5-3-9-21-13)12-14-6-4-10-22-14/h1-10H,11-12H2. The number of sulfonamides is 1. The van der Waals surface area contributed by atoms with Gasteiger partial charge in [-0.05, 0) is 35.7 Å². The zero-order valence-electron chi connectivity index (χ0n) is 12.1. The minimum absolute atomic E-state index is 0.102. The maximum Gasteiger partial charge on any atom is 0.245 e. The fourth-order valence-electron chi connectivity index (χ4n) is 2.17. The van der Waals surface area contributed by atoms with Crippen molar-refractivity contribution < 1.29 is 12.8 Å². The second kappa shape index (κ2) is 6.88. The van der Waals surface area contributed by atoms with Crippen molar-refractivity contribution in [3.05, 3.63) is 75.8 Å². The molecule has 3 rings (SSSR count). The van der Waals surface area contributed by atoms with E-state index in [1.807, 2.05) is 17.5 Å². The predicted molar refractivity (Wildman–Crippen MR) is 90.9 cm³/mol. The summed E-state index contributed by atoms with van der Waals surface area (Å²) in [4.78, 5) is 1.05. The van der Waals surface area contributed by atoms with E-state index in [2.05, 4.69) is 0 Å². The van der Waals surface area contributed by atoms with Gasteiger partial charge in [0.2, 0.25) is 10.0 Å². The average molecular weight is 368 g/mol. The van der Waals surface area contributed by atoms with Gasteiger partial charge in [-0.25, -0.2) is 8.42 Å². The molecule has 0 atom stereocenters. The van der Waals surface area contributed by atoms with Crippen LogP contribution in [0.4, 0.5) is 0 Å². The highest BCUT2D eigenvalue weighted by Gasteiger charge is 2.27. The number of furan rings is 1. The lowest BCUT2D eigenvalue weighted by atomic mass is 10.4. The second-order valence-electron chi connectivity index (χ2n) is 4.86. The molecule has 0 spiro atoms. The fraction of sp³-hybridized carbons (Fsp3) is 0.125. The van der Waals surface area contributed by atoms with Gasteiger partial charge >= 0.3 is 0 Å². The van der Waals surface area contributed by atoms with Gasteiger partial charge in [0.15, 0.2) is 0 Å². The van der Waals surface area contributed by atoms with Crippen LogP contribution in [0.25, 0.3) is 0 Å². The maximum absolute atomic E-state index is 13.0. The first-order valence-electron chi connectivity index (χ1n) is 6.87. The van der Waals surface area contributed by atoms with E-state index in [0.29, 0.717) is 5.76 Å². The van der Waals surface area contributed by atoms with E-state index < -0.39 is 10.0 Å². The molecule has 0 aliphatic rings. The molecule has 0 unspecified atom stereocenters. The second-order valence-corrected chi connectivity index (χ2v) is 8.21. The third kappa shape index (κ3) is 3.67. The highest BCUT2D eigenvalue weighted by Crippen LogP contribution is 2.27. The smallest absolute Gasteiger partial charge is 0.245 e. The fourth-order valence-corrected chi connectivity index (χ4v) is 4.85. The van der Waals surface area contributed by atoms with Crippen LogP contribution in [-0.4, -0.2) is 12.7 Å². The Morgan fingerprint density at radius 2 is 1.87 bits per heavy atom. The molecule has 120 valence electrons. The molecule has 2 aromatic heterocycles. The van der Waals surface area contributed by atoms with Crippen LogP contribution >= 0.6 is 22.9 Å². The third-order valence-corrected chi connectivity index (χ3v) is 6.43. The largest absolute Gasteiger partial charge is 0.468 e. The van der Waals surface area contributed by atoms with E-state index in [9.17, 15) is 8.42 Å². The normalized spacial score (nSPS) is 11.9. The summed E-state index contributed by atoms with van der Waals surface area (Å²) in [6.07, 6.45) is 1.53. The molecular formula is C16H14ClNO3S2. The molecule has 3 aromatic rings. The van der Waals surface area contributed by atoms with Crippen LogP contribution in [0.1, 0.15) is 10.6 Å². The Hall–Kier alpha value is -1.60. The molecule has 4 nitrogen and oxygen atoms in total. The van der Waals surface area contributed by atoms with Crippen molar-refractivity contribution in [2.24, 2.45) is 0 Å². The summed E-state index contributed by atoms with van der Waals surface area (Å²) < 4.78 is 32.7. The van der Waals surface area contributed by atoms with Gasteiger partial charge in [-0.15, -0.1) is 11.3 Å². The number of thiophene rings is 1. The van der Waals surface area contributed by atoms with Crippen LogP contribution in [0.3, 0.4) is 0 Å². The lowest BCUT2D eigenvalue weighted by molar-refractivity contribution is 0.360. The molecule has 0 N–H and O–H groups in total. The van der Waals surface area contributed by atoms with E-state index >= 15 is 0 Å². The number of nitrogens with zero attached hydrogens (tertiary/aromatic N) is 1. The third-order valence-electron chi connectivity index (χ3n) is 3.28. The number of hydrogen-bond donors (Lipinski definition) is 0. The summed E-state index contributed by atoms with van der Waals surface area (Å²) in [6.45, 7) is 0.421. The zero-order chi connectivity index (χ0) is 16.3. The monoisotopic (exact) mass is 367 g/mol. The van der Waals surface area contributed by atoms with E-state index in [1.54, 1.807) is 30.3 Å². The molecule has 0 saturated heterocycles. The average Bonchev–Trinajstić information content (AvgIpc) is 3.20. The van der Waals surface area contributed by atoms with Crippen molar-refractivity contribution in [3.63, 3.8) is 0 Å². The molecular weight excluding hydrogens is 354 g/mol. The molecule has 23 heavy (non-hydrogen) atoms. The molecule has 1 aromatic carbocycles. The Morgan fingerprint density at radius 3 is 2.52 bits per heavy atom. The highest BCUT2D eigenvalue weighted by molar-refractivity contribution is 7.89. The first kappa shape index (κ1) is 16.3. The van der Waals surface area contributed by atoms with Crippen molar-refractivity contribution in [2.45, 2.75) is 18.0 Å². The summed E-state index contributed by atoms with van der Waals surface area (Å²) in [5.74, 6) is 0.581. The molecule has 0 amide bonds. The lowest BCUT2D eigenvalue weighted by Gasteiger charge is -2.21. The number of rotatable bonds is 6.